The summed E-state index contributed by atoms with van der Waals surface area (Å²) in [6.45, 7) is 8.15. The first kappa shape index (κ1) is 11.9. The van der Waals surface area contributed by atoms with Crippen LogP contribution in [0.3, 0.4) is 0 Å². The van der Waals surface area contributed by atoms with E-state index in [1.54, 1.807) is 0 Å². The Balaban J connectivity index is 2.73. The summed E-state index contributed by atoms with van der Waals surface area (Å²) < 4.78 is 5.68. The Morgan fingerprint density at radius 3 is 2.67 bits per heavy atom. The summed E-state index contributed by atoms with van der Waals surface area (Å²) in [5.41, 5.74) is 2.38. The summed E-state index contributed by atoms with van der Waals surface area (Å²) in [6.07, 6.45) is 2.17. The van der Waals surface area contributed by atoms with Crippen molar-refractivity contribution in [3.8, 4) is 5.75 Å². The number of anilines is 1. The summed E-state index contributed by atoms with van der Waals surface area (Å²) in [5, 5.41) is 3.39. The van der Waals surface area contributed by atoms with Crippen LogP contribution < -0.4 is 10.1 Å². The topological polar surface area (TPSA) is 21.3 Å². The summed E-state index contributed by atoms with van der Waals surface area (Å²) in [6, 6.07) is 6.27. The number of rotatable bonds is 6. The van der Waals surface area contributed by atoms with Gasteiger partial charge >= 0.3 is 0 Å². The van der Waals surface area contributed by atoms with Crippen LogP contribution in [0.25, 0.3) is 0 Å². The largest absolute Gasteiger partial charge is 0.491 e. The molecule has 1 aromatic rings. The van der Waals surface area contributed by atoms with Gasteiger partial charge in [0.05, 0.1) is 12.3 Å². The third-order valence-corrected chi connectivity index (χ3v) is 2.16. The molecule has 0 radical (unpaired) electrons. The second-order valence-corrected chi connectivity index (χ2v) is 3.77. The number of hydrogen-bond acceptors (Lipinski definition) is 2. The highest BCUT2D eigenvalue weighted by Gasteiger charge is 2.02. The minimum Gasteiger partial charge on any atom is -0.491 e. The van der Waals surface area contributed by atoms with Crippen LogP contribution in [0.1, 0.15) is 32.3 Å². The van der Waals surface area contributed by atoms with E-state index in [0.29, 0.717) is 0 Å². The van der Waals surface area contributed by atoms with E-state index in [1.807, 2.05) is 6.07 Å². The molecular formula is C13H21NO. The molecule has 0 saturated carbocycles. The van der Waals surface area contributed by atoms with Crippen LogP contribution in [0.5, 0.6) is 5.75 Å². The fourth-order valence-corrected chi connectivity index (χ4v) is 1.38. The molecule has 0 bridgehead atoms. The highest BCUT2D eigenvalue weighted by Crippen LogP contribution is 2.25. The molecule has 0 saturated heterocycles. The molecule has 15 heavy (non-hydrogen) atoms. The third-order valence-electron chi connectivity index (χ3n) is 2.16. The Morgan fingerprint density at radius 1 is 1.20 bits per heavy atom. The minimum absolute atomic E-state index is 0.782. The van der Waals surface area contributed by atoms with Crippen molar-refractivity contribution < 1.29 is 4.74 Å². The zero-order chi connectivity index (χ0) is 11.1. The number of aryl methyl sites for hydroxylation is 1. The van der Waals surface area contributed by atoms with Gasteiger partial charge in [-0.15, -0.1) is 0 Å². The Labute approximate surface area is 92.6 Å². The van der Waals surface area contributed by atoms with Crippen LogP contribution in [0.2, 0.25) is 0 Å². The quantitative estimate of drug-likeness (QED) is 0.769. The van der Waals surface area contributed by atoms with Gasteiger partial charge in [0, 0.05) is 6.54 Å². The maximum Gasteiger partial charge on any atom is 0.142 e. The van der Waals surface area contributed by atoms with Crippen molar-refractivity contribution in [1.29, 1.82) is 0 Å². The van der Waals surface area contributed by atoms with Crippen molar-refractivity contribution in [1.82, 2.24) is 0 Å². The highest BCUT2D eigenvalue weighted by molar-refractivity contribution is 5.57. The summed E-state index contributed by atoms with van der Waals surface area (Å²) in [5.74, 6) is 0.968. The van der Waals surface area contributed by atoms with E-state index in [1.165, 1.54) is 5.56 Å². The average Bonchev–Trinajstić information content (AvgIpc) is 2.25. The molecule has 0 aliphatic carbocycles. The number of ether oxygens (including phenoxy) is 1. The molecule has 0 amide bonds. The number of benzene rings is 1. The van der Waals surface area contributed by atoms with Crippen LogP contribution in [-0.2, 0) is 0 Å². The highest BCUT2D eigenvalue weighted by atomic mass is 16.5. The predicted octanol–water partition coefficient (Wildman–Crippen LogP) is 3.61. The third kappa shape index (κ3) is 3.82. The molecule has 0 fully saturated rings. The van der Waals surface area contributed by atoms with E-state index in [9.17, 15) is 0 Å². The van der Waals surface area contributed by atoms with Crippen molar-refractivity contribution in [3.05, 3.63) is 23.8 Å². The van der Waals surface area contributed by atoms with Crippen molar-refractivity contribution >= 4 is 5.69 Å². The lowest BCUT2D eigenvalue weighted by molar-refractivity contribution is 0.319. The standard InChI is InChI=1S/C13H21NO/c1-4-8-14-12-10-11(3)6-7-13(12)15-9-5-2/h6-7,10,14H,4-5,8-9H2,1-3H3. The maximum atomic E-state index is 5.68. The fourth-order valence-electron chi connectivity index (χ4n) is 1.38. The Morgan fingerprint density at radius 2 is 2.00 bits per heavy atom. The van der Waals surface area contributed by atoms with Crippen molar-refractivity contribution in [2.24, 2.45) is 0 Å². The van der Waals surface area contributed by atoms with Gasteiger partial charge in [-0.25, -0.2) is 0 Å². The molecule has 1 rings (SSSR count). The van der Waals surface area contributed by atoms with Crippen molar-refractivity contribution in [2.75, 3.05) is 18.5 Å². The summed E-state index contributed by atoms with van der Waals surface area (Å²) in [7, 11) is 0. The second-order valence-electron chi connectivity index (χ2n) is 3.77. The SMILES string of the molecule is CCCNc1cc(C)ccc1OCCC. The first-order chi connectivity index (χ1) is 7.27. The minimum atomic E-state index is 0.782. The van der Waals surface area contributed by atoms with Gasteiger partial charge in [0.2, 0.25) is 0 Å². The van der Waals surface area contributed by atoms with Gasteiger partial charge in [0.1, 0.15) is 5.75 Å². The van der Waals surface area contributed by atoms with Gasteiger partial charge in [-0.2, -0.15) is 0 Å². The van der Waals surface area contributed by atoms with Gasteiger partial charge in [0.15, 0.2) is 0 Å². The van der Waals surface area contributed by atoms with E-state index < -0.39 is 0 Å². The Bertz CT molecular complexity index is 297. The lowest BCUT2D eigenvalue weighted by Crippen LogP contribution is -2.04. The van der Waals surface area contributed by atoms with Gasteiger partial charge in [-0.1, -0.05) is 19.9 Å². The molecule has 0 aromatic heterocycles. The van der Waals surface area contributed by atoms with Gasteiger partial charge < -0.3 is 10.1 Å². The van der Waals surface area contributed by atoms with Crippen LogP contribution >= 0.6 is 0 Å². The zero-order valence-electron chi connectivity index (χ0n) is 9.97. The fraction of sp³-hybridized carbons (Fsp3) is 0.538. The first-order valence-electron chi connectivity index (χ1n) is 5.75. The molecule has 0 aliphatic heterocycles. The van der Waals surface area contributed by atoms with Crippen LogP contribution in [0.15, 0.2) is 18.2 Å². The normalized spacial score (nSPS) is 10.1. The van der Waals surface area contributed by atoms with E-state index in [0.717, 1.165) is 37.4 Å². The summed E-state index contributed by atoms with van der Waals surface area (Å²) in [4.78, 5) is 0. The van der Waals surface area contributed by atoms with E-state index in [-0.39, 0.29) is 0 Å². The smallest absolute Gasteiger partial charge is 0.142 e. The Hall–Kier alpha value is -1.18. The molecule has 2 heteroatoms. The van der Waals surface area contributed by atoms with Crippen LogP contribution in [-0.4, -0.2) is 13.2 Å². The van der Waals surface area contributed by atoms with Gasteiger partial charge in [-0.3, -0.25) is 0 Å². The van der Waals surface area contributed by atoms with Gasteiger partial charge in [0.25, 0.3) is 0 Å². The van der Waals surface area contributed by atoms with Crippen molar-refractivity contribution in [2.45, 2.75) is 33.6 Å². The second kappa shape index (κ2) is 6.33. The lowest BCUT2D eigenvalue weighted by atomic mass is 10.2. The molecule has 1 aromatic carbocycles. The van der Waals surface area contributed by atoms with Crippen LogP contribution in [0.4, 0.5) is 5.69 Å². The molecule has 1 N–H and O–H groups in total. The first-order valence-corrected chi connectivity index (χ1v) is 5.75. The predicted molar refractivity (Wildman–Crippen MR) is 65.7 cm³/mol. The van der Waals surface area contributed by atoms with Crippen molar-refractivity contribution in [3.63, 3.8) is 0 Å². The van der Waals surface area contributed by atoms with Gasteiger partial charge in [-0.05, 0) is 37.5 Å². The summed E-state index contributed by atoms with van der Waals surface area (Å²) >= 11 is 0. The maximum absolute atomic E-state index is 5.68. The lowest BCUT2D eigenvalue weighted by Gasteiger charge is -2.13. The van der Waals surface area contributed by atoms with E-state index in [4.69, 9.17) is 4.74 Å². The Kier molecular flexibility index (Phi) is 5.02. The monoisotopic (exact) mass is 207 g/mol. The number of nitrogens with one attached hydrogen (secondary N) is 1. The molecule has 84 valence electrons. The molecule has 0 unspecified atom stereocenters. The molecule has 0 atom stereocenters. The van der Waals surface area contributed by atoms with E-state index >= 15 is 0 Å². The number of hydrogen-bond donors (Lipinski definition) is 1. The molecule has 0 heterocycles. The zero-order valence-corrected chi connectivity index (χ0v) is 9.97. The van der Waals surface area contributed by atoms with Crippen LogP contribution in [0, 0.1) is 6.92 Å². The van der Waals surface area contributed by atoms with E-state index in [2.05, 4.69) is 38.2 Å². The molecular weight excluding hydrogens is 186 g/mol. The average molecular weight is 207 g/mol. The molecule has 0 aliphatic rings. The molecule has 0 spiro atoms. The molecule has 2 nitrogen and oxygen atoms in total.